The quantitative estimate of drug-likeness (QED) is 0.695. The Bertz CT molecular complexity index is 1010. The Kier molecular flexibility index (Phi) is 6.04. The third-order valence-electron chi connectivity index (χ3n) is 5.20. The smallest absolute Gasteiger partial charge is 0.337 e. The summed E-state index contributed by atoms with van der Waals surface area (Å²) in [6, 6.07) is 11.2. The van der Waals surface area contributed by atoms with Crippen LogP contribution in [0.2, 0.25) is 0 Å². The van der Waals surface area contributed by atoms with Crippen LogP contribution in [0.1, 0.15) is 50.7 Å². The highest BCUT2D eigenvalue weighted by Crippen LogP contribution is 2.36. The van der Waals surface area contributed by atoms with Gasteiger partial charge in [-0.2, -0.15) is 4.31 Å². The predicted molar refractivity (Wildman–Crippen MR) is 106 cm³/mol. The number of rotatable bonds is 5. The fourth-order valence-electron chi connectivity index (χ4n) is 3.66. The topological polar surface area (TPSA) is 90.0 Å². The van der Waals surface area contributed by atoms with E-state index in [4.69, 9.17) is 9.47 Å². The number of nitrogens with zero attached hydrogens (tertiary/aromatic N) is 1. The van der Waals surface area contributed by atoms with Crippen LogP contribution in [-0.4, -0.2) is 45.9 Å². The summed E-state index contributed by atoms with van der Waals surface area (Å²) in [7, 11) is -0.0996. The standard InChI is InChI=1S/C21H23NO6S/c1-22(19-10-6-8-14-7-4-5-9-18(14)19)29(25,26)17-12-15(20(23)27-2)11-16(13-17)21(24)28-3/h4-5,7,9,11-13,19H,6,8,10H2,1-3H3. The van der Waals surface area contributed by atoms with Crippen LogP contribution >= 0.6 is 0 Å². The van der Waals surface area contributed by atoms with E-state index in [1.165, 1.54) is 43.8 Å². The first-order valence-corrected chi connectivity index (χ1v) is 10.6. The van der Waals surface area contributed by atoms with E-state index in [0.717, 1.165) is 24.0 Å². The van der Waals surface area contributed by atoms with Crippen LogP contribution in [0, 0.1) is 0 Å². The molecule has 0 amide bonds. The van der Waals surface area contributed by atoms with Crippen LogP contribution < -0.4 is 0 Å². The van der Waals surface area contributed by atoms with Gasteiger partial charge in [0.2, 0.25) is 10.0 Å². The van der Waals surface area contributed by atoms with Crippen molar-refractivity contribution in [1.82, 2.24) is 4.31 Å². The van der Waals surface area contributed by atoms with E-state index in [0.29, 0.717) is 6.42 Å². The molecule has 2 aromatic carbocycles. The summed E-state index contributed by atoms with van der Waals surface area (Å²) >= 11 is 0. The largest absolute Gasteiger partial charge is 0.465 e. The van der Waals surface area contributed by atoms with Gasteiger partial charge in [-0.25, -0.2) is 18.0 Å². The molecule has 29 heavy (non-hydrogen) atoms. The van der Waals surface area contributed by atoms with Gasteiger partial charge in [0, 0.05) is 13.1 Å². The Hall–Kier alpha value is -2.71. The third-order valence-corrected chi connectivity index (χ3v) is 7.05. The molecule has 1 atom stereocenters. The molecule has 2 aromatic rings. The van der Waals surface area contributed by atoms with Crippen molar-refractivity contribution in [2.24, 2.45) is 0 Å². The number of hydrogen-bond donors (Lipinski definition) is 0. The summed E-state index contributed by atoms with van der Waals surface area (Å²) in [5.74, 6) is -1.48. The van der Waals surface area contributed by atoms with Crippen LogP contribution in [0.5, 0.6) is 0 Å². The van der Waals surface area contributed by atoms with Gasteiger partial charge < -0.3 is 9.47 Å². The van der Waals surface area contributed by atoms with Gasteiger partial charge in [-0.3, -0.25) is 0 Å². The highest BCUT2D eigenvalue weighted by atomic mass is 32.2. The number of methoxy groups -OCH3 is 2. The fourth-order valence-corrected chi connectivity index (χ4v) is 5.10. The van der Waals surface area contributed by atoms with Gasteiger partial charge in [0.1, 0.15) is 0 Å². The second-order valence-electron chi connectivity index (χ2n) is 6.86. The van der Waals surface area contributed by atoms with Crippen molar-refractivity contribution < 1.29 is 27.5 Å². The summed E-state index contributed by atoms with van der Waals surface area (Å²) in [5.41, 5.74) is 2.03. The highest BCUT2D eigenvalue weighted by molar-refractivity contribution is 7.89. The SMILES string of the molecule is COC(=O)c1cc(C(=O)OC)cc(S(=O)(=O)N(C)C2CCCc3ccccc32)c1. The average molecular weight is 417 g/mol. The first-order chi connectivity index (χ1) is 13.8. The summed E-state index contributed by atoms with van der Waals surface area (Å²) in [5, 5.41) is 0. The maximum atomic E-state index is 13.4. The third kappa shape index (κ3) is 4.04. The molecule has 0 spiro atoms. The van der Waals surface area contributed by atoms with Crippen LogP contribution in [-0.2, 0) is 25.9 Å². The maximum Gasteiger partial charge on any atom is 0.337 e. The van der Waals surface area contributed by atoms with Crippen molar-refractivity contribution in [2.75, 3.05) is 21.3 Å². The minimum Gasteiger partial charge on any atom is -0.465 e. The average Bonchev–Trinajstić information content (AvgIpc) is 2.76. The normalized spacial score (nSPS) is 16.2. The molecule has 0 bridgehead atoms. The first-order valence-electron chi connectivity index (χ1n) is 9.17. The molecule has 154 valence electrons. The number of sulfonamides is 1. The zero-order valence-electron chi connectivity index (χ0n) is 16.5. The summed E-state index contributed by atoms with van der Waals surface area (Å²) in [6.07, 6.45) is 2.47. The number of aryl methyl sites for hydroxylation is 1. The number of hydrogen-bond acceptors (Lipinski definition) is 6. The molecule has 3 rings (SSSR count). The number of esters is 2. The molecule has 0 fully saturated rings. The number of carbonyl (C=O) groups is 2. The summed E-state index contributed by atoms with van der Waals surface area (Å²) in [4.78, 5) is 23.9. The van der Waals surface area contributed by atoms with Crippen LogP contribution in [0.15, 0.2) is 47.4 Å². The molecule has 0 radical (unpaired) electrons. The number of benzene rings is 2. The van der Waals surface area contributed by atoms with Gasteiger partial charge in [0.15, 0.2) is 0 Å². The zero-order chi connectivity index (χ0) is 21.2. The van der Waals surface area contributed by atoms with E-state index >= 15 is 0 Å². The molecule has 0 aliphatic heterocycles. The highest BCUT2D eigenvalue weighted by Gasteiger charge is 2.33. The molecule has 7 nitrogen and oxygen atoms in total. The molecule has 0 heterocycles. The van der Waals surface area contributed by atoms with Crippen molar-refractivity contribution in [3.05, 3.63) is 64.7 Å². The molecule has 8 heteroatoms. The van der Waals surface area contributed by atoms with Crippen molar-refractivity contribution in [1.29, 1.82) is 0 Å². The molecular weight excluding hydrogens is 394 g/mol. The van der Waals surface area contributed by atoms with E-state index in [-0.39, 0.29) is 22.1 Å². The van der Waals surface area contributed by atoms with Crippen molar-refractivity contribution in [3.63, 3.8) is 0 Å². The lowest BCUT2D eigenvalue weighted by molar-refractivity contribution is 0.0598. The van der Waals surface area contributed by atoms with Crippen LogP contribution in [0.25, 0.3) is 0 Å². The van der Waals surface area contributed by atoms with E-state index < -0.39 is 22.0 Å². The van der Waals surface area contributed by atoms with Gasteiger partial charge in [-0.15, -0.1) is 0 Å². The Balaban J connectivity index is 2.07. The first kappa shape index (κ1) is 21.0. The van der Waals surface area contributed by atoms with Gasteiger partial charge in [-0.1, -0.05) is 24.3 Å². The molecular formula is C21H23NO6S. The molecule has 0 saturated carbocycles. The molecule has 0 N–H and O–H groups in total. The van der Waals surface area contributed by atoms with Gasteiger partial charge in [0.05, 0.1) is 30.2 Å². The molecule has 1 aliphatic rings. The van der Waals surface area contributed by atoms with Gasteiger partial charge in [-0.05, 0) is 48.6 Å². The van der Waals surface area contributed by atoms with Gasteiger partial charge in [0.25, 0.3) is 0 Å². The minimum absolute atomic E-state index is 0.0357. The lowest BCUT2D eigenvalue weighted by atomic mass is 9.88. The van der Waals surface area contributed by atoms with Gasteiger partial charge >= 0.3 is 11.9 Å². The van der Waals surface area contributed by atoms with Crippen LogP contribution in [0.4, 0.5) is 0 Å². The Morgan fingerprint density at radius 1 is 1.00 bits per heavy atom. The lowest BCUT2D eigenvalue weighted by Gasteiger charge is -2.32. The molecule has 1 unspecified atom stereocenters. The van der Waals surface area contributed by atoms with Crippen molar-refractivity contribution in [3.8, 4) is 0 Å². The molecule has 1 aliphatic carbocycles. The second kappa shape index (κ2) is 8.34. The predicted octanol–water partition coefficient (Wildman–Crippen LogP) is 2.96. The van der Waals surface area contributed by atoms with E-state index in [2.05, 4.69) is 0 Å². The lowest BCUT2D eigenvalue weighted by Crippen LogP contribution is -2.33. The Morgan fingerprint density at radius 3 is 2.17 bits per heavy atom. The Labute approximate surface area is 170 Å². The molecule has 0 saturated heterocycles. The van der Waals surface area contributed by atoms with E-state index in [1.54, 1.807) is 0 Å². The van der Waals surface area contributed by atoms with E-state index in [9.17, 15) is 18.0 Å². The zero-order valence-corrected chi connectivity index (χ0v) is 17.4. The minimum atomic E-state index is -3.99. The number of carbonyl (C=O) groups excluding carboxylic acids is 2. The summed E-state index contributed by atoms with van der Waals surface area (Å²) < 4.78 is 37.5. The van der Waals surface area contributed by atoms with E-state index in [1.807, 2.05) is 24.3 Å². The molecule has 0 aromatic heterocycles. The summed E-state index contributed by atoms with van der Waals surface area (Å²) in [6.45, 7) is 0. The Morgan fingerprint density at radius 2 is 1.59 bits per heavy atom. The monoisotopic (exact) mass is 417 g/mol. The maximum absolute atomic E-state index is 13.4. The number of fused-ring (bicyclic) bond motifs is 1. The van der Waals surface area contributed by atoms with Crippen molar-refractivity contribution >= 4 is 22.0 Å². The second-order valence-corrected chi connectivity index (χ2v) is 8.85. The van der Waals surface area contributed by atoms with Crippen LogP contribution in [0.3, 0.4) is 0 Å². The number of ether oxygens (including phenoxy) is 2. The van der Waals surface area contributed by atoms with Crippen molar-refractivity contribution in [2.45, 2.75) is 30.2 Å². The fraction of sp³-hybridized carbons (Fsp3) is 0.333.